The van der Waals surface area contributed by atoms with Gasteiger partial charge in [-0.1, -0.05) is 19.1 Å². The molecule has 7 nitrogen and oxygen atoms in total. The minimum atomic E-state index is -3.80. The van der Waals surface area contributed by atoms with Gasteiger partial charge in [-0.05, 0) is 43.2 Å². The Kier molecular flexibility index (Phi) is 4.17. The van der Waals surface area contributed by atoms with Gasteiger partial charge >= 0.3 is 0 Å². The van der Waals surface area contributed by atoms with Crippen LogP contribution in [0.5, 0.6) is 0 Å². The van der Waals surface area contributed by atoms with Gasteiger partial charge in [0.15, 0.2) is 0 Å². The van der Waals surface area contributed by atoms with E-state index in [1.54, 1.807) is 28.8 Å². The summed E-state index contributed by atoms with van der Waals surface area (Å²) in [6.45, 7) is 3.62. The van der Waals surface area contributed by atoms with Crippen LogP contribution >= 0.6 is 11.8 Å². The second-order valence-corrected chi connectivity index (χ2v) is 11.8. The third-order valence-electron chi connectivity index (χ3n) is 6.15. The number of sulfonamides is 1. The Morgan fingerprint density at radius 1 is 1.13 bits per heavy atom. The average Bonchev–Trinajstić information content (AvgIpc) is 3.42. The maximum atomic E-state index is 13.6. The first-order chi connectivity index (χ1) is 14.9. The maximum Gasteiger partial charge on any atom is 0.266 e. The second kappa shape index (κ2) is 6.74. The van der Waals surface area contributed by atoms with Crippen LogP contribution < -0.4 is 9.21 Å². The number of aromatic nitrogens is 2. The van der Waals surface area contributed by atoms with E-state index in [2.05, 4.69) is 11.9 Å². The molecule has 31 heavy (non-hydrogen) atoms. The van der Waals surface area contributed by atoms with Crippen LogP contribution in [0.2, 0.25) is 0 Å². The molecule has 2 aromatic carbocycles. The number of hydrogen-bond acceptors (Lipinski definition) is 5. The number of rotatable bonds is 3. The van der Waals surface area contributed by atoms with Gasteiger partial charge in [0.1, 0.15) is 0 Å². The molecule has 3 aromatic rings. The molecule has 0 N–H and O–H groups in total. The minimum Gasteiger partial charge on any atom is -0.310 e. The van der Waals surface area contributed by atoms with Gasteiger partial charge in [-0.2, -0.15) is 0 Å². The standard InChI is InChI=1S/C22H22N4O3S2/c1-14-13-25(21(27)15-6-7-15)19-12-16(8-9-20(19)30-14)31(28,29)26-11-10-24-18-5-3-2-4-17(18)23-22(24)26/h2-5,8-9,12,14-15H,6-7,10-11,13H2,1H3/t14-/m0/s1. The van der Waals surface area contributed by atoms with Gasteiger partial charge in [0.25, 0.3) is 10.0 Å². The second-order valence-electron chi connectivity index (χ2n) is 8.41. The molecule has 1 amide bonds. The van der Waals surface area contributed by atoms with E-state index in [9.17, 15) is 13.2 Å². The first-order valence-electron chi connectivity index (χ1n) is 10.5. The topological polar surface area (TPSA) is 75.5 Å². The summed E-state index contributed by atoms with van der Waals surface area (Å²) in [6, 6.07) is 12.9. The molecule has 1 aliphatic carbocycles. The molecule has 1 atom stereocenters. The molecule has 160 valence electrons. The van der Waals surface area contributed by atoms with Gasteiger partial charge in [-0.15, -0.1) is 11.8 Å². The van der Waals surface area contributed by atoms with Gasteiger partial charge in [0, 0.05) is 29.2 Å². The average molecular weight is 455 g/mol. The molecule has 0 bridgehead atoms. The van der Waals surface area contributed by atoms with Gasteiger partial charge in [0.2, 0.25) is 11.9 Å². The lowest BCUT2D eigenvalue weighted by Crippen LogP contribution is -2.39. The zero-order chi connectivity index (χ0) is 21.3. The summed E-state index contributed by atoms with van der Waals surface area (Å²) in [6.07, 6.45) is 1.85. The highest BCUT2D eigenvalue weighted by Gasteiger charge is 2.39. The monoisotopic (exact) mass is 454 g/mol. The summed E-state index contributed by atoms with van der Waals surface area (Å²) in [5.41, 5.74) is 2.44. The Morgan fingerprint density at radius 2 is 1.94 bits per heavy atom. The van der Waals surface area contributed by atoms with Crippen molar-refractivity contribution in [2.45, 2.75) is 41.4 Å². The number of carbonyl (C=O) groups is 1. The van der Waals surface area contributed by atoms with Gasteiger partial charge in [0.05, 0.1) is 28.2 Å². The van der Waals surface area contributed by atoms with Crippen molar-refractivity contribution in [3.8, 4) is 0 Å². The van der Waals surface area contributed by atoms with E-state index in [1.807, 2.05) is 34.9 Å². The highest BCUT2D eigenvalue weighted by molar-refractivity contribution is 8.00. The number of nitrogens with zero attached hydrogens (tertiary/aromatic N) is 4. The molecule has 1 saturated carbocycles. The van der Waals surface area contributed by atoms with Crippen molar-refractivity contribution in [1.82, 2.24) is 9.55 Å². The van der Waals surface area contributed by atoms with Crippen molar-refractivity contribution in [2.24, 2.45) is 5.92 Å². The summed E-state index contributed by atoms with van der Waals surface area (Å²) in [5, 5.41) is 0.274. The van der Waals surface area contributed by atoms with E-state index in [0.717, 1.165) is 28.8 Å². The fourth-order valence-corrected chi connectivity index (χ4v) is 6.98. The third-order valence-corrected chi connectivity index (χ3v) is 9.08. The van der Waals surface area contributed by atoms with E-state index in [0.29, 0.717) is 31.3 Å². The quantitative estimate of drug-likeness (QED) is 0.606. The fourth-order valence-electron chi connectivity index (χ4n) is 4.46. The number of benzene rings is 2. The summed E-state index contributed by atoms with van der Waals surface area (Å²) >= 11 is 1.69. The molecule has 0 saturated heterocycles. The highest BCUT2D eigenvalue weighted by atomic mass is 32.2. The number of anilines is 2. The van der Waals surface area contributed by atoms with E-state index in [1.165, 1.54) is 4.31 Å². The van der Waals surface area contributed by atoms with Crippen LogP contribution in [-0.4, -0.2) is 42.2 Å². The van der Waals surface area contributed by atoms with Crippen LogP contribution in [0, 0.1) is 5.92 Å². The van der Waals surface area contributed by atoms with Crippen molar-refractivity contribution < 1.29 is 13.2 Å². The summed E-state index contributed by atoms with van der Waals surface area (Å²) in [4.78, 5) is 20.4. The predicted molar refractivity (Wildman–Crippen MR) is 121 cm³/mol. The zero-order valence-electron chi connectivity index (χ0n) is 17.1. The Labute approximate surface area is 185 Å². The Hall–Kier alpha value is -2.52. The number of fused-ring (bicyclic) bond motifs is 4. The van der Waals surface area contributed by atoms with Crippen LogP contribution in [-0.2, 0) is 21.4 Å². The lowest BCUT2D eigenvalue weighted by Gasteiger charge is -2.33. The van der Waals surface area contributed by atoms with Gasteiger partial charge in [-0.3, -0.25) is 4.79 Å². The molecular weight excluding hydrogens is 432 g/mol. The van der Waals surface area contributed by atoms with Crippen LogP contribution in [0.3, 0.4) is 0 Å². The smallest absolute Gasteiger partial charge is 0.266 e. The van der Waals surface area contributed by atoms with Crippen molar-refractivity contribution in [3.63, 3.8) is 0 Å². The van der Waals surface area contributed by atoms with Crippen LogP contribution in [0.4, 0.5) is 11.6 Å². The van der Waals surface area contributed by atoms with Crippen LogP contribution in [0.15, 0.2) is 52.3 Å². The molecule has 0 radical (unpaired) electrons. The summed E-state index contributed by atoms with van der Waals surface area (Å²) in [5.74, 6) is 0.653. The highest BCUT2D eigenvalue weighted by Crippen LogP contribution is 2.43. The molecule has 0 unspecified atom stereocenters. The first kappa shape index (κ1) is 19.2. The molecule has 1 aromatic heterocycles. The van der Waals surface area contributed by atoms with Crippen molar-refractivity contribution in [2.75, 3.05) is 22.3 Å². The van der Waals surface area contributed by atoms with E-state index >= 15 is 0 Å². The Morgan fingerprint density at radius 3 is 2.74 bits per heavy atom. The summed E-state index contributed by atoms with van der Waals surface area (Å²) in [7, 11) is -3.80. The van der Waals surface area contributed by atoms with Crippen molar-refractivity contribution >= 4 is 50.4 Å². The number of para-hydroxylation sites is 2. The lowest BCUT2D eigenvalue weighted by atomic mass is 10.2. The van der Waals surface area contributed by atoms with Crippen molar-refractivity contribution in [1.29, 1.82) is 0 Å². The molecule has 3 heterocycles. The molecule has 6 rings (SSSR count). The SMILES string of the molecule is C[C@H]1CN(C(=O)C2CC2)c2cc(S(=O)(=O)N3CCn4c3nc3ccccc34)ccc2S1. The Bertz CT molecular complexity index is 1330. The van der Waals surface area contributed by atoms with Crippen LogP contribution in [0.25, 0.3) is 11.0 Å². The summed E-state index contributed by atoms with van der Waals surface area (Å²) < 4.78 is 30.6. The van der Waals surface area contributed by atoms with Crippen LogP contribution in [0.1, 0.15) is 19.8 Å². The maximum absolute atomic E-state index is 13.6. The Balaban J connectivity index is 1.41. The number of imidazole rings is 1. The minimum absolute atomic E-state index is 0.0851. The zero-order valence-corrected chi connectivity index (χ0v) is 18.7. The lowest BCUT2D eigenvalue weighted by molar-refractivity contribution is -0.119. The first-order valence-corrected chi connectivity index (χ1v) is 12.9. The normalized spacial score (nSPS) is 20.7. The fraction of sp³-hybridized carbons (Fsp3) is 0.364. The van der Waals surface area contributed by atoms with Crippen molar-refractivity contribution in [3.05, 3.63) is 42.5 Å². The molecule has 3 aliphatic rings. The predicted octanol–water partition coefficient (Wildman–Crippen LogP) is 3.48. The molecule has 9 heteroatoms. The molecular formula is C22H22N4O3S2. The number of thioether (sulfide) groups is 1. The van der Waals surface area contributed by atoms with E-state index in [4.69, 9.17) is 0 Å². The van der Waals surface area contributed by atoms with E-state index < -0.39 is 10.0 Å². The molecule has 0 spiro atoms. The number of amides is 1. The molecule has 1 fully saturated rings. The van der Waals surface area contributed by atoms with E-state index in [-0.39, 0.29) is 22.0 Å². The molecule has 2 aliphatic heterocycles. The van der Waals surface area contributed by atoms with Gasteiger partial charge < -0.3 is 9.47 Å². The number of hydrogen-bond donors (Lipinski definition) is 0. The number of carbonyl (C=O) groups excluding carboxylic acids is 1. The van der Waals surface area contributed by atoms with Gasteiger partial charge in [-0.25, -0.2) is 17.7 Å². The largest absolute Gasteiger partial charge is 0.310 e. The third kappa shape index (κ3) is 2.97.